The number of sulfonamides is 1. The number of aryl methyl sites for hydroxylation is 2. The second-order valence-electron chi connectivity index (χ2n) is 4.45. The van der Waals surface area contributed by atoms with Gasteiger partial charge in [-0.1, -0.05) is 17.7 Å². The van der Waals surface area contributed by atoms with Gasteiger partial charge >= 0.3 is 0 Å². The highest BCUT2D eigenvalue weighted by atomic mass is 32.2. The van der Waals surface area contributed by atoms with E-state index in [1.165, 1.54) is 19.1 Å². The van der Waals surface area contributed by atoms with Crippen LogP contribution in [0.5, 0.6) is 0 Å². The zero-order valence-corrected chi connectivity index (χ0v) is 12.9. The molecule has 0 fully saturated rings. The van der Waals surface area contributed by atoms with Crippen LogP contribution < -0.4 is 4.72 Å². The summed E-state index contributed by atoms with van der Waals surface area (Å²) in [5.74, 6) is -0.210. The molecule has 2 aromatic rings. The summed E-state index contributed by atoms with van der Waals surface area (Å²) in [6.07, 6.45) is 0. The van der Waals surface area contributed by atoms with E-state index in [9.17, 15) is 13.2 Å². The number of aromatic nitrogens is 1. The number of carbonyl (C=O) groups excluding carboxylic acids is 1. The summed E-state index contributed by atoms with van der Waals surface area (Å²) in [6.45, 7) is 4.95. The molecule has 0 atom stereocenters. The van der Waals surface area contributed by atoms with E-state index in [4.69, 9.17) is 0 Å². The van der Waals surface area contributed by atoms with Gasteiger partial charge in [-0.2, -0.15) is 4.37 Å². The molecule has 0 spiro atoms. The molecule has 0 aliphatic rings. The molecule has 0 unspecified atom stereocenters. The van der Waals surface area contributed by atoms with Crippen LogP contribution in [0.2, 0.25) is 0 Å². The minimum absolute atomic E-state index is 0.156. The first kappa shape index (κ1) is 14.7. The molecule has 2 rings (SSSR count). The van der Waals surface area contributed by atoms with E-state index in [0.29, 0.717) is 11.3 Å². The van der Waals surface area contributed by atoms with Crippen LogP contribution in [0.25, 0.3) is 0 Å². The van der Waals surface area contributed by atoms with E-state index < -0.39 is 10.0 Å². The molecule has 1 N–H and O–H groups in total. The molecular formula is C13H14N2O3S2. The Morgan fingerprint density at radius 1 is 1.20 bits per heavy atom. The number of nitrogens with one attached hydrogen (secondary N) is 1. The molecule has 1 aromatic carbocycles. The number of nitrogens with zero attached hydrogens (tertiary/aromatic N) is 1. The fourth-order valence-corrected chi connectivity index (χ4v) is 3.89. The zero-order valence-electron chi connectivity index (χ0n) is 11.3. The molecule has 106 valence electrons. The molecule has 0 amide bonds. The third kappa shape index (κ3) is 2.88. The van der Waals surface area contributed by atoms with E-state index in [2.05, 4.69) is 9.10 Å². The Morgan fingerprint density at radius 2 is 1.80 bits per heavy atom. The molecule has 1 aromatic heterocycles. The zero-order chi connectivity index (χ0) is 14.9. The summed E-state index contributed by atoms with van der Waals surface area (Å²) < 4.78 is 31.0. The highest BCUT2D eigenvalue weighted by Gasteiger charge is 2.21. The molecule has 0 aliphatic heterocycles. The minimum atomic E-state index is -3.70. The van der Waals surface area contributed by atoms with E-state index in [1.807, 2.05) is 6.92 Å². The van der Waals surface area contributed by atoms with Gasteiger partial charge in [0.1, 0.15) is 5.00 Å². The fourth-order valence-electron chi connectivity index (χ4n) is 1.75. The molecule has 0 bridgehead atoms. The number of carbonyl (C=O) groups is 1. The predicted octanol–water partition coefficient (Wildman–Crippen LogP) is 2.76. The van der Waals surface area contributed by atoms with Gasteiger partial charge in [-0.3, -0.25) is 9.52 Å². The largest absolute Gasteiger partial charge is 0.294 e. The molecule has 7 heteroatoms. The Balaban J connectivity index is 2.38. The van der Waals surface area contributed by atoms with Crippen LogP contribution in [-0.4, -0.2) is 18.6 Å². The lowest BCUT2D eigenvalue weighted by Crippen LogP contribution is -2.14. The lowest BCUT2D eigenvalue weighted by Gasteiger charge is -2.07. The topological polar surface area (TPSA) is 76.1 Å². The number of rotatable bonds is 4. The van der Waals surface area contributed by atoms with Crippen molar-refractivity contribution in [3.63, 3.8) is 0 Å². The number of benzene rings is 1. The van der Waals surface area contributed by atoms with Crippen molar-refractivity contribution in [2.45, 2.75) is 25.7 Å². The first-order chi connectivity index (χ1) is 9.31. The maximum absolute atomic E-state index is 12.3. The monoisotopic (exact) mass is 310 g/mol. The number of Topliss-reactive ketones (excluding diaryl/α,β-unsaturated/α-hetero) is 1. The number of hydrogen-bond donors (Lipinski definition) is 1. The molecule has 5 nitrogen and oxygen atoms in total. The average molecular weight is 310 g/mol. The molecule has 20 heavy (non-hydrogen) atoms. The van der Waals surface area contributed by atoms with Crippen LogP contribution in [-0.2, 0) is 10.0 Å². The first-order valence-electron chi connectivity index (χ1n) is 5.88. The van der Waals surface area contributed by atoms with Crippen LogP contribution in [0.15, 0.2) is 29.2 Å². The van der Waals surface area contributed by atoms with Crippen LogP contribution in [0, 0.1) is 13.8 Å². The third-order valence-corrected chi connectivity index (χ3v) is 5.12. The number of ketones is 1. The van der Waals surface area contributed by atoms with E-state index in [-0.39, 0.29) is 15.7 Å². The predicted molar refractivity (Wildman–Crippen MR) is 78.8 cm³/mol. The Kier molecular flexibility index (Phi) is 3.92. The van der Waals surface area contributed by atoms with Crippen molar-refractivity contribution < 1.29 is 13.2 Å². The van der Waals surface area contributed by atoms with Gasteiger partial charge in [0.05, 0.1) is 16.2 Å². The number of hydrogen-bond acceptors (Lipinski definition) is 5. The first-order valence-corrected chi connectivity index (χ1v) is 8.13. The Hall–Kier alpha value is -1.73. The summed E-state index contributed by atoms with van der Waals surface area (Å²) in [5.41, 5.74) is 1.83. The summed E-state index contributed by atoms with van der Waals surface area (Å²) in [5, 5.41) is 0.260. The summed E-state index contributed by atoms with van der Waals surface area (Å²) in [7, 11) is -3.70. The van der Waals surface area contributed by atoms with Gasteiger partial charge in [0, 0.05) is 0 Å². The molecular weight excluding hydrogens is 296 g/mol. The molecule has 0 aliphatic carbocycles. The number of anilines is 1. The van der Waals surface area contributed by atoms with Gasteiger partial charge < -0.3 is 0 Å². The van der Waals surface area contributed by atoms with Crippen LogP contribution in [0.3, 0.4) is 0 Å². The van der Waals surface area contributed by atoms with Gasteiger partial charge in [0.25, 0.3) is 10.0 Å². The lowest BCUT2D eigenvalue weighted by molar-refractivity contribution is 0.101. The van der Waals surface area contributed by atoms with E-state index >= 15 is 0 Å². The highest BCUT2D eigenvalue weighted by molar-refractivity contribution is 7.93. The molecule has 0 saturated heterocycles. The average Bonchev–Trinajstić information content (AvgIpc) is 2.70. The van der Waals surface area contributed by atoms with Crippen molar-refractivity contribution in [1.82, 2.24) is 4.37 Å². The van der Waals surface area contributed by atoms with Crippen molar-refractivity contribution >= 4 is 32.3 Å². The standard InChI is InChI=1S/C13H14N2O3S2/c1-8-4-6-11(7-5-8)20(17,18)15-13-12(10(3)16)9(2)14-19-13/h4-7,15H,1-3H3. The van der Waals surface area contributed by atoms with Crippen LogP contribution in [0.1, 0.15) is 28.5 Å². The fraction of sp³-hybridized carbons (Fsp3) is 0.231. The van der Waals surface area contributed by atoms with E-state index in [1.54, 1.807) is 19.1 Å². The van der Waals surface area contributed by atoms with Gasteiger partial charge in [-0.15, -0.1) is 0 Å². The van der Waals surface area contributed by atoms with E-state index in [0.717, 1.165) is 17.1 Å². The van der Waals surface area contributed by atoms with Gasteiger partial charge in [0.2, 0.25) is 0 Å². The molecule has 1 heterocycles. The van der Waals surface area contributed by atoms with Gasteiger partial charge in [0.15, 0.2) is 5.78 Å². The minimum Gasteiger partial charge on any atom is -0.294 e. The van der Waals surface area contributed by atoms with Gasteiger partial charge in [-0.05, 0) is 44.4 Å². The summed E-state index contributed by atoms with van der Waals surface area (Å²) in [6, 6.07) is 6.49. The Morgan fingerprint density at radius 3 is 2.35 bits per heavy atom. The van der Waals surface area contributed by atoms with Gasteiger partial charge in [-0.25, -0.2) is 8.42 Å². The van der Waals surface area contributed by atoms with Crippen LogP contribution >= 0.6 is 11.5 Å². The summed E-state index contributed by atoms with van der Waals surface area (Å²) >= 11 is 0.968. The molecule has 0 radical (unpaired) electrons. The molecule has 0 saturated carbocycles. The second-order valence-corrected chi connectivity index (χ2v) is 6.90. The second kappa shape index (κ2) is 5.34. The summed E-state index contributed by atoms with van der Waals surface area (Å²) in [4.78, 5) is 11.7. The quantitative estimate of drug-likeness (QED) is 0.881. The third-order valence-electron chi connectivity index (χ3n) is 2.77. The maximum atomic E-state index is 12.3. The van der Waals surface area contributed by atoms with Crippen molar-refractivity contribution in [2.24, 2.45) is 0 Å². The van der Waals surface area contributed by atoms with Crippen molar-refractivity contribution in [3.05, 3.63) is 41.1 Å². The van der Waals surface area contributed by atoms with Crippen molar-refractivity contribution in [3.8, 4) is 0 Å². The lowest BCUT2D eigenvalue weighted by atomic mass is 10.2. The van der Waals surface area contributed by atoms with Crippen LogP contribution in [0.4, 0.5) is 5.00 Å². The van der Waals surface area contributed by atoms with Crippen molar-refractivity contribution in [1.29, 1.82) is 0 Å². The maximum Gasteiger partial charge on any atom is 0.262 e. The highest BCUT2D eigenvalue weighted by Crippen LogP contribution is 2.27. The SMILES string of the molecule is CC(=O)c1c(C)nsc1NS(=O)(=O)c1ccc(C)cc1. The smallest absolute Gasteiger partial charge is 0.262 e. The Labute approximate surface area is 121 Å². The van der Waals surface area contributed by atoms with Crippen molar-refractivity contribution in [2.75, 3.05) is 4.72 Å². The Bertz CT molecular complexity index is 746. The normalized spacial score (nSPS) is 11.3.